The van der Waals surface area contributed by atoms with Gasteiger partial charge >= 0.3 is 12.1 Å². The lowest BCUT2D eigenvalue weighted by Crippen LogP contribution is -2.14. The molecule has 0 rings (SSSR count). The highest BCUT2D eigenvalue weighted by atomic mass is 16.7. The van der Waals surface area contributed by atoms with Gasteiger partial charge in [0, 0.05) is 6.42 Å². The summed E-state index contributed by atoms with van der Waals surface area (Å²) in [5.74, 6) is -0.480. The highest BCUT2D eigenvalue weighted by molar-refractivity contribution is 5.81. The van der Waals surface area contributed by atoms with Crippen molar-refractivity contribution in [2.45, 2.75) is 110 Å². The van der Waals surface area contributed by atoms with Crippen LogP contribution in [-0.2, 0) is 14.3 Å². The third-order valence-corrected chi connectivity index (χ3v) is 4.50. The molecule has 0 aromatic carbocycles. The van der Waals surface area contributed by atoms with Crippen LogP contribution in [0.4, 0.5) is 4.79 Å². The molecule has 0 fully saturated rings. The van der Waals surface area contributed by atoms with Gasteiger partial charge in [-0.25, -0.2) is 4.79 Å². The second-order valence-electron chi connectivity index (χ2n) is 7.26. The minimum Gasteiger partial charge on any atom is -0.434 e. The van der Waals surface area contributed by atoms with Crippen molar-refractivity contribution in [3.63, 3.8) is 0 Å². The molecule has 0 radical (unpaired) electrons. The molecule has 0 bridgehead atoms. The summed E-state index contributed by atoms with van der Waals surface area (Å²) in [6.07, 6.45) is 23.9. The van der Waals surface area contributed by atoms with Crippen LogP contribution in [-0.4, -0.2) is 18.7 Å². The molecule has 4 nitrogen and oxygen atoms in total. The van der Waals surface area contributed by atoms with E-state index in [1.165, 1.54) is 38.5 Å². The van der Waals surface area contributed by atoms with Crippen molar-refractivity contribution in [1.29, 1.82) is 0 Å². The number of carbonyl (C=O) groups is 2. The first kappa shape index (κ1) is 26.4. The lowest BCUT2D eigenvalue weighted by atomic mass is 10.1. The first-order chi connectivity index (χ1) is 13.7. The fraction of sp³-hybridized carbons (Fsp3) is 0.750. The Morgan fingerprint density at radius 1 is 0.679 bits per heavy atom. The van der Waals surface area contributed by atoms with E-state index in [1.807, 2.05) is 0 Å². The van der Waals surface area contributed by atoms with Gasteiger partial charge in [-0.05, 0) is 44.9 Å². The Morgan fingerprint density at radius 3 is 1.93 bits per heavy atom. The number of rotatable bonds is 18. The maximum Gasteiger partial charge on any atom is 0.516 e. The number of hydrogen-bond donors (Lipinski definition) is 0. The Hall–Kier alpha value is -1.58. The fourth-order valence-electron chi connectivity index (χ4n) is 2.76. The summed E-state index contributed by atoms with van der Waals surface area (Å²) in [7, 11) is 0. The topological polar surface area (TPSA) is 52.6 Å². The third kappa shape index (κ3) is 20.7. The molecule has 4 heteroatoms. The smallest absolute Gasteiger partial charge is 0.434 e. The van der Waals surface area contributed by atoms with Gasteiger partial charge in [0.2, 0.25) is 0 Å². The van der Waals surface area contributed by atoms with Crippen LogP contribution in [0.2, 0.25) is 0 Å². The maximum absolute atomic E-state index is 11.5. The SMILES string of the molecule is CCCCC/C=C\C/C=C\CCCCCCCC(=O)OC(=O)OCCCCC. The molecule has 0 aromatic rings. The molecule has 0 N–H and O–H groups in total. The van der Waals surface area contributed by atoms with Crippen LogP contribution in [0.3, 0.4) is 0 Å². The summed E-state index contributed by atoms with van der Waals surface area (Å²) < 4.78 is 9.49. The molecular weight excluding hydrogens is 352 g/mol. The number of unbranched alkanes of at least 4 members (excludes halogenated alkanes) is 10. The average Bonchev–Trinajstić information content (AvgIpc) is 2.68. The number of carbonyl (C=O) groups excluding carboxylic acids is 2. The highest BCUT2D eigenvalue weighted by Gasteiger charge is 2.10. The molecular formula is C24H42O4. The van der Waals surface area contributed by atoms with E-state index in [1.54, 1.807) is 0 Å². The van der Waals surface area contributed by atoms with Crippen molar-refractivity contribution in [2.24, 2.45) is 0 Å². The van der Waals surface area contributed by atoms with Gasteiger partial charge < -0.3 is 9.47 Å². The van der Waals surface area contributed by atoms with Gasteiger partial charge in [0.25, 0.3) is 0 Å². The Morgan fingerprint density at radius 2 is 1.25 bits per heavy atom. The summed E-state index contributed by atoms with van der Waals surface area (Å²) in [6, 6.07) is 0. The van der Waals surface area contributed by atoms with E-state index in [9.17, 15) is 9.59 Å². The first-order valence-electron chi connectivity index (χ1n) is 11.4. The number of allylic oxidation sites excluding steroid dienone is 4. The normalized spacial score (nSPS) is 11.4. The van der Waals surface area contributed by atoms with Crippen LogP contribution in [0.15, 0.2) is 24.3 Å². The monoisotopic (exact) mass is 394 g/mol. The number of ether oxygens (including phenoxy) is 2. The molecule has 0 aliphatic rings. The molecule has 28 heavy (non-hydrogen) atoms. The Kier molecular flexibility index (Phi) is 20.5. The zero-order valence-corrected chi connectivity index (χ0v) is 18.3. The summed E-state index contributed by atoms with van der Waals surface area (Å²) in [6.45, 7) is 4.63. The third-order valence-electron chi connectivity index (χ3n) is 4.50. The Balaban J connectivity index is 3.39. The molecule has 0 aliphatic heterocycles. The van der Waals surface area contributed by atoms with Crippen molar-refractivity contribution in [2.75, 3.05) is 6.61 Å². The minimum atomic E-state index is -0.858. The lowest BCUT2D eigenvalue weighted by molar-refractivity contribution is -0.139. The number of esters is 1. The second kappa shape index (κ2) is 21.7. The molecule has 0 aromatic heterocycles. The van der Waals surface area contributed by atoms with Crippen LogP contribution in [0.25, 0.3) is 0 Å². The molecule has 0 atom stereocenters. The molecule has 0 aliphatic carbocycles. The van der Waals surface area contributed by atoms with E-state index in [0.717, 1.165) is 51.4 Å². The molecule has 0 unspecified atom stereocenters. The van der Waals surface area contributed by atoms with E-state index in [2.05, 4.69) is 42.9 Å². The molecule has 0 saturated heterocycles. The Labute approximate surface area is 172 Å². The van der Waals surface area contributed by atoms with Crippen molar-refractivity contribution in [3.8, 4) is 0 Å². The molecule has 162 valence electrons. The van der Waals surface area contributed by atoms with Crippen molar-refractivity contribution in [3.05, 3.63) is 24.3 Å². The summed E-state index contributed by atoms with van der Waals surface area (Å²) >= 11 is 0. The van der Waals surface area contributed by atoms with Crippen LogP contribution in [0.5, 0.6) is 0 Å². The van der Waals surface area contributed by atoms with Crippen molar-refractivity contribution in [1.82, 2.24) is 0 Å². The largest absolute Gasteiger partial charge is 0.516 e. The van der Waals surface area contributed by atoms with E-state index in [4.69, 9.17) is 4.74 Å². The van der Waals surface area contributed by atoms with Crippen LogP contribution < -0.4 is 0 Å². The zero-order chi connectivity index (χ0) is 20.7. The average molecular weight is 395 g/mol. The standard InChI is InChI=1S/C24H42O4/c1-3-5-7-8-9-10-11-12-13-14-15-16-17-18-19-21-23(25)28-24(26)27-22-20-6-4-2/h9-10,12-13H,3-8,11,14-22H2,1-2H3/b10-9-,13-12-. The molecule has 0 amide bonds. The predicted octanol–water partition coefficient (Wildman–Crippen LogP) is 7.67. The van der Waals surface area contributed by atoms with Gasteiger partial charge in [0.05, 0.1) is 6.61 Å². The van der Waals surface area contributed by atoms with E-state index in [-0.39, 0.29) is 6.42 Å². The van der Waals surface area contributed by atoms with Gasteiger partial charge in [-0.3, -0.25) is 4.79 Å². The lowest BCUT2D eigenvalue weighted by Gasteiger charge is -2.04. The van der Waals surface area contributed by atoms with Crippen LogP contribution in [0, 0.1) is 0 Å². The maximum atomic E-state index is 11.5. The van der Waals surface area contributed by atoms with E-state index in [0.29, 0.717) is 6.61 Å². The van der Waals surface area contributed by atoms with E-state index >= 15 is 0 Å². The van der Waals surface area contributed by atoms with E-state index < -0.39 is 12.1 Å². The fourth-order valence-corrected chi connectivity index (χ4v) is 2.76. The highest BCUT2D eigenvalue weighted by Crippen LogP contribution is 2.09. The molecule has 0 heterocycles. The van der Waals surface area contributed by atoms with Crippen LogP contribution in [0.1, 0.15) is 110 Å². The summed E-state index contributed by atoms with van der Waals surface area (Å²) in [5, 5.41) is 0. The Bertz CT molecular complexity index is 426. The van der Waals surface area contributed by atoms with Gasteiger partial charge in [0.15, 0.2) is 0 Å². The van der Waals surface area contributed by atoms with Crippen molar-refractivity contribution >= 4 is 12.1 Å². The minimum absolute atomic E-state index is 0.286. The van der Waals surface area contributed by atoms with Gasteiger partial charge in [0.1, 0.15) is 0 Å². The zero-order valence-electron chi connectivity index (χ0n) is 18.3. The van der Waals surface area contributed by atoms with Gasteiger partial charge in [-0.1, -0.05) is 83.1 Å². The van der Waals surface area contributed by atoms with Gasteiger partial charge in [-0.15, -0.1) is 0 Å². The summed E-state index contributed by atoms with van der Waals surface area (Å²) in [4.78, 5) is 22.8. The first-order valence-corrected chi connectivity index (χ1v) is 11.4. The van der Waals surface area contributed by atoms with Crippen molar-refractivity contribution < 1.29 is 19.1 Å². The molecule has 0 spiro atoms. The van der Waals surface area contributed by atoms with Crippen LogP contribution >= 0.6 is 0 Å². The second-order valence-corrected chi connectivity index (χ2v) is 7.26. The molecule has 0 saturated carbocycles. The predicted molar refractivity (Wildman–Crippen MR) is 116 cm³/mol. The quantitative estimate of drug-likeness (QED) is 0.104. The van der Waals surface area contributed by atoms with Gasteiger partial charge in [-0.2, -0.15) is 0 Å². The number of hydrogen-bond acceptors (Lipinski definition) is 4. The summed E-state index contributed by atoms with van der Waals surface area (Å²) in [5.41, 5.74) is 0.